The van der Waals surface area contributed by atoms with Crippen molar-refractivity contribution in [2.24, 2.45) is 11.8 Å². The lowest BCUT2D eigenvalue weighted by atomic mass is 9.79. The first kappa shape index (κ1) is 22.9. The summed E-state index contributed by atoms with van der Waals surface area (Å²) >= 11 is 2.00. The Bertz CT molecular complexity index is 1030. The zero-order valence-electron chi connectivity index (χ0n) is 20.6. The van der Waals surface area contributed by atoms with E-state index in [9.17, 15) is 5.11 Å². The molecule has 6 nitrogen and oxygen atoms in total. The molecule has 5 atom stereocenters. The minimum atomic E-state index is -0.0904. The lowest BCUT2D eigenvalue weighted by Crippen LogP contribution is -2.50. The van der Waals surface area contributed by atoms with Crippen LogP contribution in [0.1, 0.15) is 73.3 Å². The lowest BCUT2D eigenvalue weighted by molar-refractivity contribution is -0.112. The number of likely N-dealkylation sites (tertiary alicyclic amines) is 1. The second kappa shape index (κ2) is 8.84. The van der Waals surface area contributed by atoms with E-state index in [0.717, 1.165) is 70.6 Å². The van der Waals surface area contributed by atoms with E-state index in [1.807, 2.05) is 23.7 Å². The highest BCUT2D eigenvalue weighted by atomic mass is 32.1. The van der Waals surface area contributed by atoms with Crippen molar-refractivity contribution in [3.8, 4) is 0 Å². The van der Waals surface area contributed by atoms with Crippen LogP contribution < -0.4 is 5.32 Å². The number of aromatic nitrogens is 2. The molecule has 4 heterocycles. The predicted octanol–water partition coefficient (Wildman–Crippen LogP) is 4.52. The summed E-state index contributed by atoms with van der Waals surface area (Å²) < 4.78 is 6.51. The fourth-order valence-corrected chi connectivity index (χ4v) is 8.01. The lowest BCUT2D eigenvalue weighted by Gasteiger charge is -2.47. The Balaban J connectivity index is 1.07. The smallest absolute Gasteiger partial charge is 0.223 e. The highest BCUT2D eigenvalue weighted by Gasteiger charge is 2.57. The molecule has 184 valence electrons. The molecule has 0 amide bonds. The van der Waals surface area contributed by atoms with Crippen LogP contribution in [0.15, 0.2) is 18.5 Å². The molecule has 2 aliphatic heterocycles. The summed E-state index contributed by atoms with van der Waals surface area (Å²) in [4.78, 5) is 15.0. The first-order chi connectivity index (χ1) is 16.5. The van der Waals surface area contributed by atoms with Gasteiger partial charge in [-0.1, -0.05) is 6.92 Å². The number of aliphatic hydroxyl groups is 1. The number of rotatable bonds is 6. The number of aliphatic hydroxyl groups excluding tert-OH is 1. The number of aryl methyl sites for hydroxylation is 1. The van der Waals surface area contributed by atoms with Crippen molar-refractivity contribution in [1.82, 2.24) is 14.9 Å². The fraction of sp³-hybridized carbons (Fsp3) is 0.704. The Kier molecular flexibility index (Phi) is 5.95. The second-order valence-corrected chi connectivity index (χ2v) is 12.4. The molecule has 0 aromatic carbocycles. The third-order valence-electron chi connectivity index (χ3n) is 9.02. The van der Waals surface area contributed by atoms with Crippen LogP contribution in [0.25, 0.3) is 0 Å². The fourth-order valence-electron chi connectivity index (χ4n) is 6.83. The van der Waals surface area contributed by atoms with E-state index in [2.05, 4.69) is 40.1 Å². The van der Waals surface area contributed by atoms with E-state index >= 15 is 0 Å². The van der Waals surface area contributed by atoms with Crippen molar-refractivity contribution in [1.29, 1.82) is 0 Å². The monoisotopic (exact) mass is 482 g/mol. The molecule has 34 heavy (non-hydrogen) atoms. The van der Waals surface area contributed by atoms with Crippen LogP contribution in [0.5, 0.6) is 0 Å². The molecular formula is C27H38N4O2S. The zero-order chi connectivity index (χ0) is 23.3. The molecule has 7 heteroatoms. The average Bonchev–Trinajstić information content (AvgIpc) is 3.38. The number of piperidine rings is 1. The van der Waals surface area contributed by atoms with Crippen molar-refractivity contribution < 1.29 is 9.84 Å². The van der Waals surface area contributed by atoms with Crippen molar-refractivity contribution in [2.45, 2.75) is 88.9 Å². The molecule has 2 aromatic heterocycles. The summed E-state index contributed by atoms with van der Waals surface area (Å²) in [6.07, 6.45) is 12.8. The number of ether oxygens (including phenoxy) is 1. The number of anilines is 1. The maximum Gasteiger partial charge on any atom is 0.223 e. The SMILES string of the molecule is CCc1cc2c(s1)CCOC21CCN(Cc2cnc(NC34CCC(CO)CC3C4)nc2)[C@@H](C)C1. The van der Waals surface area contributed by atoms with Gasteiger partial charge in [0.15, 0.2) is 0 Å². The summed E-state index contributed by atoms with van der Waals surface area (Å²) in [5, 5.41) is 13.1. The van der Waals surface area contributed by atoms with Crippen molar-refractivity contribution in [3.63, 3.8) is 0 Å². The van der Waals surface area contributed by atoms with E-state index in [4.69, 9.17) is 4.74 Å². The molecule has 4 aliphatic rings. The van der Waals surface area contributed by atoms with Gasteiger partial charge in [-0.3, -0.25) is 4.90 Å². The van der Waals surface area contributed by atoms with Gasteiger partial charge in [-0.15, -0.1) is 11.3 Å². The van der Waals surface area contributed by atoms with Gasteiger partial charge in [0.25, 0.3) is 0 Å². The molecule has 2 saturated carbocycles. The molecule has 2 N–H and O–H groups in total. The van der Waals surface area contributed by atoms with Crippen LogP contribution in [0.3, 0.4) is 0 Å². The Labute approximate surface area is 207 Å². The van der Waals surface area contributed by atoms with Gasteiger partial charge in [0.1, 0.15) is 0 Å². The van der Waals surface area contributed by atoms with Gasteiger partial charge in [-0.25, -0.2) is 9.97 Å². The third-order valence-corrected chi connectivity index (χ3v) is 10.4. The van der Waals surface area contributed by atoms with Crippen molar-refractivity contribution >= 4 is 17.3 Å². The minimum absolute atomic E-state index is 0.0904. The summed E-state index contributed by atoms with van der Waals surface area (Å²) in [7, 11) is 0. The topological polar surface area (TPSA) is 70.5 Å². The zero-order valence-corrected chi connectivity index (χ0v) is 21.4. The van der Waals surface area contributed by atoms with Crippen LogP contribution in [0, 0.1) is 11.8 Å². The van der Waals surface area contributed by atoms with Crippen LogP contribution in [-0.4, -0.2) is 51.3 Å². The van der Waals surface area contributed by atoms with Gasteiger partial charge in [-0.05, 0) is 75.3 Å². The van der Waals surface area contributed by atoms with Crippen molar-refractivity contribution in [3.05, 3.63) is 39.3 Å². The first-order valence-corrected chi connectivity index (χ1v) is 14.0. The molecule has 4 unspecified atom stereocenters. The largest absolute Gasteiger partial charge is 0.396 e. The molecule has 0 bridgehead atoms. The van der Waals surface area contributed by atoms with Crippen molar-refractivity contribution in [2.75, 3.05) is 25.1 Å². The van der Waals surface area contributed by atoms with E-state index in [1.54, 1.807) is 4.88 Å². The number of hydrogen-bond donors (Lipinski definition) is 2. The van der Waals surface area contributed by atoms with E-state index in [1.165, 1.54) is 22.4 Å². The number of nitrogens with zero attached hydrogens (tertiary/aromatic N) is 3. The maximum atomic E-state index is 9.46. The van der Waals surface area contributed by atoms with Gasteiger partial charge in [0.05, 0.1) is 12.2 Å². The van der Waals surface area contributed by atoms with Gasteiger partial charge < -0.3 is 15.2 Å². The molecule has 0 radical (unpaired) electrons. The molecule has 2 aromatic rings. The summed E-state index contributed by atoms with van der Waals surface area (Å²) in [6, 6.07) is 2.89. The van der Waals surface area contributed by atoms with Gasteiger partial charge in [0.2, 0.25) is 5.95 Å². The van der Waals surface area contributed by atoms with E-state index in [0.29, 0.717) is 24.5 Å². The second-order valence-electron chi connectivity index (χ2n) is 11.2. The van der Waals surface area contributed by atoms with Crippen LogP contribution in [0.4, 0.5) is 5.95 Å². The van der Waals surface area contributed by atoms with E-state index in [-0.39, 0.29) is 11.1 Å². The Morgan fingerprint density at radius 1 is 1.26 bits per heavy atom. The average molecular weight is 483 g/mol. The van der Waals surface area contributed by atoms with E-state index < -0.39 is 0 Å². The third kappa shape index (κ3) is 4.08. The standard InChI is InChI=1S/C27H38N4O2S/c1-3-22-11-23-24(34-22)5-9-33-27(23)7-8-31(18(2)12-27)16-20-14-28-25(29-15-20)30-26-6-4-19(17-32)10-21(26)13-26/h11,14-15,18-19,21,32H,3-10,12-13,16-17H2,1-2H3,(H,28,29,30)/t18-,19?,21?,26?,27?/m0/s1. The summed E-state index contributed by atoms with van der Waals surface area (Å²) in [6.45, 7) is 7.71. The highest BCUT2D eigenvalue weighted by molar-refractivity contribution is 7.12. The molecule has 1 saturated heterocycles. The summed E-state index contributed by atoms with van der Waals surface area (Å²) in [5.74, 6) is 1.91. The first-order valence-electron chi connectivity index (χ1n) is 13.2. The number of nitrogens with one attached hydrogen (secondary N) is 1. The predicted molar refractivity (Wildman–Crippen MR) is 135 cm³/mol. The van der Waals surface area contributed by atoms with Crippen LogP contribution >= 0.6 is 11.3 Å². The van der Waals surface area contributed by atoms with Gasteiger partial charge >= 0.3 is 0 Å². The number of thiophene rings is 1. The highest BCUT2D eigenvalue weighted by Crippen LogP contribution is 2.56. The van der Waals surface area contributed by atoms with Crippen LogP contribution in [-0.2, 0) is 29.7 Å². The van der Waals surface area contributed by atoms with Gasteiger partial charge in [0, 0.05) is 65.4 Å². The molecule has 2 aliphatic carbocycles. The Morgan fingerprint density at radius 3 is 2.85 bits per heavy atom. The quantitative estimate of drug-likeness (QED) is 0.631. The molecule has 6 rings (SSSR count). The normalized spacial score (nSPS) is 35.1. The number of fused-ring (bicyclic) bond motifs is 3. The molecule has 1 spiro atoms. The Morgan fingerprint density at radius 2 is 2.12 bits per heavy atom. The Hall–Kier alpha value is -1.54. The maximum absolute atomic E-state index is 9.46. The summed E-state index contributed by atoms with van der Waals surface area (Å²) in [5.41, 5.74) is 2.75. The molecular weight excluding hydrogens is 444 g/mol. The van der Waals surface area contributed by atoms with Gasteiger partial charge in [-0.2, -0.15) is 0 Å². The molecule has 3 fully saturated rings. The number of hydrogen-bond acceptors (Lipinski definition) is 7. The minimum Gasteiger partial charge on any atom is -0.396 e. The van der Waals surface area contributed by atoms with Crippen LogP contribution in [0.2, 0.25) is 0 Å².